The molecule has 3 aromatic rings. The Balaban J connectivity index is 1.93. The third kappa shape index (κ3) is 9.66. The number of carbonyl (C=O) groups excluding carboxylic acids is 2. The maximum atomic E-state index is 13.5. The summed E-state index contributed by atoms with van der Waals surface area (Å²) in [6.45, 7) is 12.1. The van der Waals surface area contributed by atoms with E-state index in [9.17, 15) is 9.59 Å². The molecule has 0 aliphatic rings. The van der Waals surface area contributed by atoms with Crippen molar-refractivity contribution in [2.24, 2.45) is 11.8 Å². The van der Waals surface area contributed by atoms with Gasteiger partial charge in [0.05, 0.1) is 18.4 Å². The second-order valence-corrected chi connectivity index (χ2v) is 11.3. The predicted octanol–water partition coefficient (Wildman–Crippen LogP) is 6.24. The van der Waals surface area contributed by atoms with E-state index in [2.05, 4.69) is 38.3 Å². The highest BCUT2D eigenvalue weighted by atomic mass is 16.5. The van der Waals surface area contributed by atoms with Crippen LogP contribution in [0.2, 0.25) is 0 Å². The van der Waals surface area contributed by atoms with Gasteiger partial charge in [0.2, 0.25) is 5.91 Å². The van der Waals surface area contributed by atoms with Crippen LogP contribution in [0.3, 0.4) is 0 Å². The van der Waals surface area contributed by atoms with Crippen LogP contribution in [-0.4, -0.2) is 41.3 Å². The number of hydrogen-bond acceptors (Lipinski definition) is 5. The van der Waals surface area contributed by atoms with Crippen molar-refractivity contribution in [1.29, 1.82) is 0 Å². The average Bonchev–Trinajstić information content (AvgIpc) is 3.36. The van der Waals surface area contributed by atoms with Crippen molar-refractivity contribution in [2.75, 3.05) is 13.7 Å². The van der Waals surface area contributed by atoms with Crippen molar-refractivity contribution in [3.8, 4) is 22.8 Å². The highest BCUT2D eigenvalue weighted by molar-refractivity contribution is 5.94. The zero-order valence-corrected chi connectivity index (χ0v) is 25.4. The van der Waals surface area contributed by atoms with Crippen molar-refractivity contribution in [3.05, 3.63) is 65.9 Å². The molecule has 8 nitrogen and oxygen atoms in total. The van der Waals surface area contributed by atoms with Crippen molar-refractivity contribution >= 4 is 11.8 Å². The molecule has 0 radical (unpaired) electrons. The number of ether oxygens (including phenoxy) is 2. The minimum absolute atomic E-state index is 0.0545. The average molecular weight is 563 g/mol. The van der Waals surface area contributed by atoms with Crippen molar-refractivity contribution in [2.45, 2.75) is 79.5 Å². The van der Waals surface area contributed by atoms with Gasteiger partial charge in [-0.25, -0.2) is 0 Å². The number of aromatic nitrogens is 2. The van der Waals surface area contributed by atoms with Gasteiger partial charge in [-0.15, -0.1) is 0 Å². The van der Waals surface area contributed by atoms with Crippen LogP contribution >= 0.6 is 0 Å². The van der Waals surface area contributed by atoms with Gasteiger partial charge in [-0.3, -0.25) is 14.3 Å². The number of benzene rings is 2. The Bertz CT molecular complexity index is 1250. The number of amides is 2. The Kier molecular flexibility index (Phi) is 12.3. The fourth-order valence-corrected chi connectivity index (χ4v) is 4.58. The van der Waals surface area contributed by atoms with E-state index in [0.717, 1.165) is 29.7 Å². The lowest BCUT2D eigenvalue weighted by molar-refractivity contribution is -0.121. The molecule has 1 heterocycles. The zero-order chi connectivity index (χ0) is 29.8. The third-order valence-electron chi connectivity index (χ3n) is 6.68. The Morgan fingerprint density at radius 2 is 1.68 bits per heavy atom. The standard InChI is InChI=1S/C33H46N4O4/c1-7-18-34-31(38)19-26(17-16-23(2)3)35-33(39)27-20-28(37(36-27)21-24(4)5)32-29(40-6)14-11-15-30(32)41-22-25-12-9-8-10-13-25/h8-15,20,23-24,26H,7,16-19,21-22H2,1-6H3,(H,34,38)(H,35,39)/t26-/m0/s1. The van der Waals surface area contributed by atoms with Gasteiger partial charge < -0.3 is 20.1 Å². The number of nitrogens with one attached hydrogen (secondary N) is 2. The molecule has 0 unspecified atom stereocenters. The van der Waals surface area contributed by atoms with Crippen LogP contribution in [0.5, 0.6) is 11.5 Å². The Hall–Kier alpha value is -3.81. The second-order valence-electron chi connectivity index (χ2n) is 11.3. The van der Waals surface area contributed by atoms with E-state index < -0.39 is 0 Å². The summed E-state index contributed by atoms with van der Waals surface area (Å²) in [6.07, 6.45) is 2.72. The molecule has 8 heteroatoms. The first-order chi connectivity index (χ1) is 19.7. The van der Waals surface area contributed by atoms with Crippen LogP contribution in [0.4, 0.5) is 0 Å². The van der Waals surface area contributed by atoms with E-state index in [1.165, 1.54) is 0 Å². The van der Waals surface area contributed by atoms with E-state index in [1.807, 2.05) is 60.1 Å². The van der Waals surface area contributed by atoms with Gasteiger partial charge in [0, 0.05) is 25.6 Å². The molecule has 0 aliphatic carbocycles. The monoisotopic (exact) mass is 562 g/mol. The van der Waals surface area contributed by atoms with Gasteiger partial charge in [0.1, 0.15) is 18.1 Å². The van der Waals surface area contributed by atoms with Gasteiger partial charge in [0.25, 0.3) is 5.91 Å². The highest BCUT2D eigenvalue weighted by Gasteiger charge is 2.24. The Morgan fingerprint density at radius 3 is 2.34 bits per heavy atom. The van der Waals surface area contributed by atoms with Crippen LogP contribution in [0.25, 0.3) is 11.3 Å². The number of rotatable bonds is 16. The normalized spacial score (nSPS) is 11.9. The minimum Gasteiger partial charge on any atom is -0.496 e. The lowest BCUT2D eigenvalue weighted by atomic mass is 10.0. The third-order valence-corrected chi connectivity index (χ3v) is 6.68. The fraction of sp³-hybridized carbons (Fsp3) is 0.485. The molecule has 2 N–H and O–H groups in total. The summed E-state index contributed by atoms with van der Waals surface area (Å²) in [5, 5.41) is 10.7. The molecular weight excluding hydrogens is 516 g/mol. The van der Waals surface area contributed by atoms with Crippen LogP contribution < -0.4 is 20.1 Å². The molecule has 222 valence electrons. The number of carbonyl (C=O) groups is 2. The number of nitrogens with zero attached hydrogens (tertiary/aromatic N) is 2. The van der Waals surface area contributed by atoms with Gasteiger partial charge >= 0.3 is 0 Å². The molecule has 0 spiro atoms. The SMILES string of the molecule is CCCNC(=O)C[C@H](CCC(C)C)NC(=O)c1cc(-c2c(OC)cccc2OCc2ccccc2)n(CC(C)C)n1. The summed E-state index contributed by atoms with van der Waals surface area (Å²) in [5.41, 5.74) is 2.83. The fourth-order valence-electron chi connectivity index (χ4n) is 4.58. The first-order valence-electron chi connectivity index (χ1n) is 14.7. The topological polar surface area (TPSA) is 94.5 Å². The van der Waals surface area contributed by atoms with Gasteiger partial charge in [-0.05, 0) is 54.9 Å². The quantitative estimate of drug-likeness (QED) is 0.215. The lowest BCUT2D eigenvalue weighted by Crippen LogP contribution is -2.39. The molecule has 0 bridgehead atoms. The molecule has 1 aromatic heterocycles. The molecule has 0 aliphatic heterocycles. The molecule has 0 fully saturated rings. The van der Waals surface area contributed by atoms with E-state index in [4.69, 9.17) is 14.6 Å². The lowest BCUT2D eigenvalue weighted by Gasteiger charge is -2.19. The summed E-state index contributed by atoms with van der Waals surface area (Å²) >= 11 is 0. The summed E-state index contributed by atoms with van der Waals surface area (Å²) in [7, 11) is 1.62. The van der Waals surface area contributed by atoms with Crippen molar-refractivity contribution in [3.63, 3.8) is 0 Å². The van der Waals surface area contributed by atoms with E-state index in [1.54, 1.807) is 13.2 Å². The van der Waals surface area contributed by atoms with Crippen LogP contribution in [-0.2, 0) is 17.9 Å². The minimum atomic E-state index is -0.299. The largest absolute Gasteiger partial charge is 0.496 e. The number of hydrogen-bond donors (Lipinski definition) is 2. The molecule has 0 saturated heterocycles. The predicted molar refractivity (Wildman–Crippen MR) is 163 cm³/mol. The maximum Gasteiger partial charge on any atom is 0.272 e. The summed E-state index contributed by atoms with van der Waals surface area (Å²) < 4.78 is 13.9. The van der Waals surface area contributed by atoms with Crippen LogP contribution in [0.15, 0.2) is 54.6 Å². The van der Waals surface area contributed by atoms with Crippen LogP contribution in [0.1, 0.15) is 76.4 Å². The van der Waals surface area contributed by atoms with E-state index >= 15 is 0 Å². The highest BCUT2D eigenvalue weighted by Crippen LogP contribution is 2.39. The Morgan fingerprint density at radius 1 is 0.951 bits per heavy atom. The summed E-state index contributed by atoms with van der Waals surface area (Å²) in [5.74, 6) is 1.68. The molecule has 3 rings (SSSR count). The second kappa shape index (κ2) is 15.8. The molecule has 41 heavy (non-hydrogen) atoms. The van der Waals surface area contributed by atoms with Crippen molar-refractivity contribution in [1.82, 2.24) is 20.4 Å². The Labute approximate surface area is 244 Å². The zero-order valence-electron chi connectivity index (χ0n) is 25.4. The summed E-state index contributed by atoms with van der Waals surface area (Å²) in [4.78, 5) is 26.0. The summed E-state index contributed by atoms with van der Waals surface area (Å²) in [6, 6.07) is 17.2. The maximum absolute atomic E-state index is 13.5. The first kappa shape index (κ1) is 31.7. The van der Waals surface area contributed by atoms with Gasteiger partial charge in [-0.1, -0.05) is 71.0 Å². The first-order valence-corrected chi connectivity index (χ1v) is 14.7. The van der Waals surface area contributed by atoms with Gasteiger partial charge in [-0.2, -0.15) is 5.10 Å². The van der Waals surface area contributed by atoms with Crippen molar-refractivity contribution < 1.29 is 19.1 Å². The molecule has 2 aromatic carbocycles. The van der Waals surface area contributed by atoms with Gasteiger partial charge in [0.15, 0.2) is 5.69 Å². The van der Waals surface area contributed by atoms with E-state index in [-0.39, 0.29) is 30.2 Å². The van der Waals surface area contributed by atoms with E-state index in [0.29, 0.717) is 49.2 Å². The number of methoxy groups -OCH3 is 1. The van der Waals surface area contributed by atoms with Crippen LogP contribution in [0, 0.1) is 11.8 Å². The molecule has 0 saturated carbocycles. The molecule has 1 atom stereocenters. The smallest absolute Gasteiger partial charge is 0.272 e. The molecular formula is C33H46N4O4. The molecule has 2 amide bonds.